The molecule has 0 spiro atoms. The molecule has 0 saturated carbocycles. The number of hydrogen-bond donors (Lipinski definition) is 0. The van der Waals surface area contributed by atoms with Gasteiger partial charge < -0.3 is 9.47 Å². The topological polar surface area (TPSA) is 51.0 Å². The molecule has 0 bridgehead atoms. The van der Waals surface area contributed by atoms with Gasteiger partial charge in [0.2, 0.25) is 5.91 Å². The van der Waals surface area contributed by atoms with Crippen molar-refractivity contribution < 1.29 is 4.79 Å². The number of imidazole rings is 1. The highest BCUT2D eigenvalue weighted by molar-refractivity contribution is 7.08. The van der Waals surface area contributed by atoms with Gasteiger partial charge in [-0.3, -0.25) is 9.78 Å². The molecule has 0 aliphatic carbocycles. The lowest BCUT2D eigenvalue weighted by atomic mass is 9.96. The van der Waals surface area contributed by atoms with Crippen LogP contribution < -0.4 is 0 Å². The monoisotopic (exact) mass is 366 g/mol. The summed E-state index contributed by atoms with van der Waals surface area (Å²) >= 11 is 1.64. The second-order valence-electron chi connectivity index (χ2n) is 6.76. The molecule has 1 aliphatic rings. The summed E-state index contributed by atoms with van der Waals surface area (Å²) in [6, 6.07) is 6.07. The molecule has 3 aromatic rings. The van der Waals surface area contributed by atoms with Crippen LogP contribution in [0, 0.1) is 0 Å². The predicted octanol–water partition coefficient (Wildman–Crippen LogP) is 3.34. The van der Waals surface area contributed by atoms with Crippen LogP contribution in [0.15, 0.2) is 53.7 Å². The predicted molar refractivity (Wildman–Crippen MR) is 102 cm³/mol. The number of piperidine rings is 1. The highest BCUT2D eigenvalue weighted by atomic mass is 32.1. The van der Waals surface area contributed by atoms with Gasteiger partial charge in [-0.2, -0.15) is 11.3 Å². The van der Waals surface area contributed by atoms with Crippen LogP contribution >= 0.6 is 11.3 Å². The minimum absolute atomic E-state index is 0.221. The van der Waals surface area contributed by atoms with E-state index >= 15 is 0 Å². The number of amides is 1. The first kappa shape index (κ1) is 17.0. The van der Waals surface area contributed by atoms with E-state index in [-0.39, 0.29) is 5.91 Å². The first-order valence-electron chi connectivity index (χ1n) is 8.98. The maximum atomic E-state index is 12.7. The van der Waals surface area contributed by atoms with E-state index < -0.39 is 0 Å². The standard InChI is InChI=1S/C20H22N4OS/c25-19(11-16-5-10-26-15-16)23-8-2-4-18(14-23)20-22-7-9-24(20)13-17-3-1-6-21-12-17/h1,3,5-7,9-10,12,15,18H,2,4,8,11,13-14H2/t18-/m1/s1. The third-order valence-corrected chi connectivity index (χ3v) is 5.63. The zero-order valence-electron chi connectivity index (χ0n) is 14.6. The molecule has 4 heterocycles. The van der Waals surface area contributed by atoms with Crippen molar-refractivity contribution in [2.75, 3.05) is 13.1 Å². The number of thiophene rings is 1. The second kappa shape index (κ2) is 7.83. The van der Waals surface area contributed by atoms with Crippen LogP contribution in [0.2, 0.25) is 0 Å². The smallest absolute Gasteiger partial charge is 0.227 e. The quantitative estimate of drug-likeness (QED) is 0.696. The van der Waals surface area contributed by atoms with E-state index in [0.29, 0.717) is 12.3 Å². The Hall–Kier alpha value is -2.47. The highest BCUT2D eigenvalue weighted by Gasteiger charge is 2.27. The van der Waals surface area contributed by atoms with Gasteiger partial charge in [0.15, 0.2) is 0 Å². The lowest BCUT2D eigenvalue weighted by Gasteiger charge is -2.32. The number of nitrogens with zero attached hydrogens (tertiary/aromatic N) is 4. The van der Waals surface area contributed by atoms with Gasteiger partial charge in [-0.15, -0.1) is 0 Å². The molecule has 4 rings (SSSR count). The van der Waals surface area contributed by atoms with Crippen LogP contribution in [0.3, 0.4) is 0 Å². The lowest BCUT2D eigenvalue weighted by molar-refractivity contribution is -0.131. The van der Waals surface area contributed by atoms with E-state index in [4.69, 9.17) is 0 Å². The van der Waals surface area contributed by atoms with Crippen molar-refractivity contribution in [2.45, 2.75) is 31.7 Å². The normalized spacial score (nSPS) is 17.4. The third kappa shape index (κ3) is 3.85. The van der Waals surface area contributed by atoms with Crippen molar-refractivity contribution in [2.24, 2.45) is 0 Å². The summed E-state index contributed by atoms with van der Waals surface area (Å²) in [6.07, 6.45) is 10.2. The van der Waals surface area contributed by atoms with Gasteiger partial charge in [0.05, 0.1) is 13.0 Å². The summed E-state index contributed by atoms with van der Waals surface area (Å²) in [7, 11) is 0. The maximum Gasteiger partial charge on any atom is 0.227 e. The molecule has 1 saturated heterocycles. The van der Waals surface area contributed by atoms with Gasteiger partial charge >= 0.3 is 0 Å². The van der Waals surface area contributed by atoms with Crippen molar-refractivity contribution in [3.8, 4) is 0 Å². The zero-order chi connectivity index (χ0) is 17.8. The van der Waals surface area contributed by atoms with Crippen LogP contribution in [0.25, 0.3) is 0 Å². The van der Waals surface area contributed by atoms with Crippen molar-refractivity contribution in [1.29, 1.82) is 0 Å². The fourth-order valence-corrected chi connectivity index (χ4v) is 4.27. The number of rotatable bonds is 5. The van der Waals surface area contributed by atoms with Crippen molar-refractivity contribution in [3.63, 3.8) is 0 Å². The SMILES string of the molecule is O=C(Cc1ccsc1)N1CCC[C@@H](c2nccn2Cc2cccnc2)C1. The molecular weight excluding hydrogens is 344 g/mol. The molecule has 6 heteroatoms. The highest BCUT2D eigenvalue weighted by Crippen LogP contribution is 2.27. The van der Waals surface area contributed by atoms with Crippen LogP contribution in [-0.2, 0) is 17.8 Å². The number of likely N-dealkylation sites (tertiary alicyclic amines) is 1. The summed E-state index contributed by atoms with van der Waals surface area (Å²) < 4.78 is 2.19. The van der Waals surface area contributed by atoms with Gasteiger partial charge in [0.1, 0.15) is 5.82 Å². The van der Waals surface area contributed by atoms with Crippen molar-refractivity contribution >= 4 is 17.2 Å². The van der Waals surface area contributed by atoms with Crippen molar-refractivity contribution in [3.05, 3.63) is 70.7 Å². The molecule has 26 heavy (non-hydrogen) atoms. The molecule has 1 amide bonds. The molecule has 1 aliphatic heterocycles. The molecule has 1 atom stereocenters. The lowest BCUT2D eigenvalue weighted by Crippen LogP contribution is -2.40. The van der Waals surface area contributed by atoms with Gasteiger partial charge in [0.25, 0.3) is 0 Å². The van der Waals surface area contributed by atoms with E-state index in [2.05, 4.69) is 26.0 Å². The van der Waals surface area contributed by atoms with Crippen LogP contribution in [0.5, 0.6) is 0 Å². The fourth-order valence-electron chi connectivity index (χ4n) is 3.60. The molecule has 0 N–H and O–H groups in total. The van der Waals surface area contributed by atoms with Gasteiger partial charge in [-0.25, -0.2) is 4.98 Å². The van der Waals surface area contributed by atoms with E-state index in [0.717, 1.165) is 49.4 Å². The molecule has 1 fully saturated rings. The molecule has 5 nitrogen and oxygen atoms in total. The minimum Gasteiger partial charge on any atom is -0.342 e. The van der Waals surface area contributed by atoms with Gasteiger partial charge in [-0.05, 0) is 46.9 Å². The summed E-state index contributed by atoms with van der Waals surface area (Å²) in [6.45, 7) is 2.37. The molecule has 134 valence electrons. The average Bonchev–Trinajstić information content (AvgIpc) is 3.35. The minimum atomic E-state index is 0.221. The Morgan fingerprint density at radius 1 is 1.27 bits per heavy atom. The number of carbonyl (C=O) groups is 1. The third-order valence-electron chi connectivity index (χ3n) is 4.90. The Balaban J connectivity index is 1.45. The number of pyridine rings is 1. The molecule has 3 aromatic heterocycles. The van der Waals surface area contributed by atoms with E-state index in [1.165, 1.54) is 0 Å². The largest absolute Gasteiger partial charge is 0.342 e. The van der Waals surface area contributed by atoms with Crippen LogP contribution in [-0.4, -0.2) is 38.4 Å². The number of aromatic nitrogens is 3. The average molecular weight is 366 g/mol. The molecular formula is C20H22N4OS. The molecule has 0 unspecified atom stereocenters. The summed E-state index contributed by atoms with van der Waals surface area (Å²) in [5, 5.41) is 4.08. The first-order chi connectivity index (χ1) is 12.8. The van der Waals surface area contributed by atoms with Crippen molar-refractivity contribution in [1.82, 2.24) is 19.4 Å². The Labute approximate surface area is 157 Å². The zero-order valence-corrected chi connectivity index (χ0v) is 15.4. The Bertz CT molecular complexity index is 844. The van der Waals surface area contributed by atoms with E-state index in [1.54, 1.807) is 17.5 Å². The number of hydrogen-bond acceptors (Lipinski definition) is 4. The molecule has 0 aromatic carbocycles. The molecule has 0 radical (unpaired) electrons. The van der Waals surface area contributed by atoms with Crippen LogP contribution in [0.4, 0.5) is 0 Å². The Morgan fingerprint density at radius 2 is 2.23 bits per heavy atom. The van der Waals surface area contributed by atoms with E-state index in [1.807, 2.05) is 41.0 Å². The summed E-state index contributed by atoms with van der Waals surface area (Å²) in [5.41, 5.74) is 2.27. The van der Waals surface area contributed by atoms with Crippen LogP contribution in [0.1, 0.15) is 35.7 Å². The van der Waals surface area contributed by atoms with Gasteiger partial charge in [-0.1, -0.05) is 6.07 Å². The first-order valence-corrected chi connectivity index (χ1v) is 9.92. The fraction of sp³-hybridized carbons (Fsp3) is 0.350. The summed E-state index contributed by atoms with van der Waals surface area (Å²) in [4.78, 5) is 23.5. The number of carbonyl (C=O) groups excluding carboxylic acids is 1. The Kier molecular flexibility index (Phi) is 5.11. The Morgan fingerprint density at radius 3 is 3.04 bits per heavy atom. The second-order valence-corrected chi connectivity index (χ2v) is 7.54. The van der Waals surface area contributed by atoms with Gasteiger partial charge in [0, 0.05) is 43.8 Å². The maximum absolute atomic E-state index is 12.7. The van der Waals surface area contributed by atoms with E-state index in [9.17, 15) is 4.79 Å². The summed E-state index contributed by atoms with van der Waals surface area (Å²) in [5.74, 6) is 1.59.